The topological polar surface area (TPSA) is 38.3 Å². The van der Waals surface area contributed by atoms with Crippen LogP contribution in [0.15, 0.2) is 42.5 Å². The molecule has 0 fully saturated rings. The molecule has 3 heteroatoms. The summed E-state index contributed by atoms with van der Waals surface area (Å²) in [6.07, 6.45) is 0.120. The van der Waals surface area contributed by atoms with Crippen LogP contribution in [0.4, 0.5) is 5.69 Å². The van der Waals surface area contributed by atoms with Crippen LogP contribution in [-0.4, -0.2) is 12.0 Å². The van der Waals surface area contributed by atoms with Gasteiger partial charge in [-0.1, -0.05) is 30.7 Å². The molecule has 2 rings (SSSR count). The zero-order valence-corrected chi connectivity index (χ0v) is 13.6. The summed E-state index contributed by atoms with van der Waals surface area (Å²) in [5, 5.41) is 2.93. The summed E-state index contributed by atoms with van der Waals surface area (Å²) < 4.78 is 5.79. The first-order chi connectivity index (χ1) is 10.5. The Bertz CT molecular complexity index is 647. The van der Waals surface area contributed by atoms with Gasteiger partial charge >= 0.3 is 0 Å². The Hall–Kier alpha value is -2.29. The molecule has 3 nitrogen and oxygen atoms in total. The third kappa shape index (κ3) is 4.10. The van der Waals surface area contributed by atoms with Crippen molar-refractivity contribution in [3.63, 3.8) is 0 Å². The molecular weight excluding hydrogens is 274 g/mol. The number of hydrogen-bond donors (Lipinski definition) is 1. The summed E-state index contributed by atoms with van der Waals surface area (Å²) in [7, 11) is 0. The summed E-state index contributed by atoms with van der Waals surface area (Å²) >= 11 is 0. The van der Waals surface area contributed by atoms with Crippen molar-refractivity contribution >= 4 is 11.6 Å². The molecule has 0 aliphatic rings. The highest BCUT2D eigenvalue weighted by atomic mass is 16.5. The summed E-state index contributed by atoms with van der Waals surface area (Å²) in [6.45, 7) is 8.05. The molecule has 2 aromatic rings. The van der Waals surface area contributed by atoms with E-state index in [1.807, 2.05) is 63.2 Å². The van der Waals surface area contributed by atoms with Crippen molar-refractivity contribution < 1.29 is 9.53 Å². The number of hydrogen-bond acceptors (Lipinski definition) is 2. The Balaban J connectivity index is 2.04. The molecule has 0 spiro atoms. The fourth-order valence-electron chi connectivity index (χ4n) is 2.15. The summed E-state index contributed by atoms with van der Waals surface area (Å²) in [5.41, 5.74) is 4.34. The Morgan fingerprint density at radius 3 is 2.32 bits per heavy atom. The second kappa shape index (κ2) is 7.12. The van der Waals surface area contributed by atoms with Crippen molar-refractivity contribution in [3.05, 3.63) is 59.2 Å². The standard InChI is InChI=1S/C19H23NO2/c1-5-18(22-17-10-6-13(2)7-11-17)19(21)20-16-9-8-14(3)15(4)12-16/h6-12,18H,5H2,1-4H3,(H,20,21)/t18-/m1/s1. The molecule has 2 aromatic carbocycles. The maximum atomic E-state index is 12.4. The van der Waals surface area contributed by atoms with E-state index in [4.69, 9.17) is 4.74 Å². The van der Waals surface area contributed by atoms with E-state index in [1.165, 1.54) is 11.1 Å². The molecule has 1 N–H and O–H groups in total. The Morgan fingerprint density at radius 2 is 1.73 bits per heavy atom. The number of benzene rings is 2. The van der Waals surface area contributed by atoms with Crippen LogP contribution in [0, 0.1) is 20.8 Å². The number of anilines is 1. The van der Waals surface area contributed by atoms with E-state index in [0.717, 1.165) is 11.3 Å². The van der Waals surface area contributed by atoms with Crippen molar-refractivity contribution in [2.45, 2.75) is 40.2 Å². The largest absolute Gasteiger partial charge is 0.481 e. The van der Waals surface area contributed by atoms with Gasteiger partial charge in [0, 0.05) is 5.69 Å². The van der Waals surface area contributed by atoms with E-state index < -0.39 is 6.10 Å². The van der Waals surface area contributed by atoms with E-state index in [9.17, 15) is 4.79 Å². The maximum absolute atomic E-state index is 12.4. The highest BCUT2D eigenvalue weighted by molar-refractivity contribution is 5.94. The lowest BCUT2D eigenvalue weighted by atomic mass is 10.1. The number of carbonyl (C=O) groups is 1. The van der Waals surface area contributed by atoms with Gasteiger partial charge < -0.3 is 10.1 Å². The normalized spacial score (nSPS) is 11.8. The number of amides is 1. The molecule has 0 aliphatic heterocycles. The van der Waals surface area contributed by atoms with Crippen LogP contribution in [0.5, 0.6) is 5.75 Å². The molecule has 0 aromatic heterocycles. The second-order valence-electron chi connectivity index (χ2n) is 5.62. The van der Waals surface area contributed by atoms with Crippen LogP contribution in [0.2, 0.25) is 0 Å². The minimum atomic E-state index is -0.496. The van der Waals surface area contributed by atoms with E-state index in [2.05, 4.69) is 12.2 Å². The minimum absolute atomic E-state index is 0.119. The van der Waals surface area contributed by atoms with E-state index >= 15 is 0 Å². The van der Waals surface area contributed by atoms with Gasteiger partial charge in [0.1, 0.15) is 5.75 Å². The molecule has 0 unspecified atom stereocenters. The lowest BCUT2D eigenvalue weighted by Gasteiger charge is -2.18. The first kappa shape index (κ1) is 16.1. The molecule has 0 radical (unpaired) electrons. The fraction of sp³-hybridized carbons (Fsp3) is 0.316. The van der Waals surface area contributed by atoms with Crippen molar-refractivity contribution in [3.8, 4) is 5.75 Å². The molecule has 0 aliphatic carbocycles. The summed E-state index contributed by atoms with van der Waals surface area (Å²) in [5.74, 6) is 0.596. The number of nitrogens with one attached hydrogen (secondary N) is 1. The zero-order chi connectivity index (χ0) is 16.1. The minimum Gasteiger partial charge on any atom is -0.481 e. The second-order valence-corrected chi connectivity index (χ2v) is 5.62. The molecule has 0 bridgehead atoms. The van der Waals surface area contributed by atoms with Crippen molar-refractivity contribution in [2.24, 2.45) is 0 Å². The monoisotopic (exact) mass is 297 g/mol. The molecule has 22 heavy (non-hydrogen) atoms. The predicted molar refractivity (Wildman–Crippen MR) is 90.4 cm³/mol. The van der Waals surface area contributed by atoms with Gasteiger partial charge in [0.25, 0.3) is 5.91 Å². The average molecular weight is 297 g/mol. The molecular formula is C19H23NO2. The highest BCUT2D eigenvalue weighted by Crippen LogP contribution is 2.17. The lowest BCUT2D eigenvalue weighted by molar-refractivity contribution is -0.122. The van der Waals surface area contributed by atoms with Gasteiger partial charge in [0.05, 0.1) is 0 Å². The molecule has 1 amide bonds. The van der Waals surface area contributed by atoms with E-state index in [1.54, 1.807) is 0 Å². The number of aryl methyl sites for hydroxylation is 3. The van der Waals surface area contributed by atoms with Gasteiger partial charge in [-0.2, -0.15) is 0 Å². The zero-order valence-electron chi connectivity index (χ0n) is 13.6. The quantitative estimate of drug-likeness (QED) is 0.888. The third-order valence-electron chi connectivity index (χ3n) is 3.74. The smallest absolute Gasteiger partial charge is 0.265 e. The maximum Gasteiger partial charge on any atom is 0.265 e. The van der Waals surface area contributed by atoms with Crippen LogP contribution in [-0.2, 0) is 4.79 Å². The molecule has 0 heterocycles. The van der Waals surface area contributed by atoms with Gasteiger partial charge in [0.2, 0.25) is 0 Å². The van der Waals surface area contributed by atoms with Crippen molar-refractivity contribution in [1.82, 2.24) is 0 Å². The van der Waals surface area contributed by atoms with Crippen LogP contribution >= 0.6 is 0 Å². The van der Waals surface area contributed by atoms with Gasteiger partial charge in [-0.25, -0.2) is 0 Å². The predicted octanol–water partition coefficient (Wildman–Crippen LogP) is 4.41. The summed E-state index contributed by atoms with van der Waals surface area (Å²) in [6, 6.07) is 13.6. The van der Waals surface area contributed by atoms with E-state index in [-0.39, 0.29) is 5.91 Å². The molecule has 0 saturated heterocycles. The summed E-state index contributed by atoms with van der Waals surface area (Å²) in [4.78, 5) is 12.4. The third-order valence-corrected chi connectivity index (χ3v) is 3.74. The SMILES string of the molecule is CC[C@@H](Oc1ccc(C)cc1)C(=O)Nc1ccc(C)c(C)c1. The lowest BCUT2D eigenvalue weighted by Crippen LogP contribution is -2.32. The van der Waals surface area contributed by atoms with Crippen LogP contribution in [0.3, 0.4) is 0 Å². The Kier molecular flexibility index (Phi) is 5.21. The Morgan fingerprint density at radius 1 is 1.05 bits per heavy atom. The van der Waals surface area contributed by atoms with Crippen LogP contribution in [0.25, 0.3) is 0 Å². The molecule has 0 saturated carbocycles. The molecule has 1 atom stereocenters. The van der Waals surface area contributed by atoms with Gasteiger partial charge in [0.15, 0.2) is 6.10 Å². The number of ether oxygens (including phenoxy) is 1. The highest BCUT2D eigenvalue weighted by Gasteiger charge is 2.18. The average Bonchev–Trinajstić information content (AvgIpc) is 2.50. The first-order valence-electron chi connectivity index (χ1n) is 7.61. The first-order valence-corrected chi connectivity index (χ1v) is 7.61. The van der Waals surface area contributed by atoms with Crippen LogP contribution < -0.4 is 10.1 Å². The van der Waals surface area contributed by atoms with Gasteiger partial charge in [-0.3, -0.25) is 4.79 Å². The van der Waals surface area contributed by atoms with Crippen LogP contribution in [0.1, 0.15) is 30.0 Å². The Labute approximate surface area is 132 Å². The molecule has 116 valence electrons. The number of carbonyl (C=O) groups excluding carboxylic acids is 1. The van der Waals surface area contributed by atoms with Crippen molar-refractivity contribution in [1.29, 1.82) is 0 Å². The van der Waals surface area contributed by atoms with E-state index in [0.29, 0.717) is 12.2 Å². The van der Waals surface area contributed by atoms with Gasteiger partial charge in [-0.05, 0) is 62.6 Å². The van der Waals surface area contributed by atoms with Gasteiger partial charge in [-0.15, -0.1) is 0 Å². The number of rotatable bonds is 5. The van der Waals surface area contributed by atoms with Crippen molar-refractivity contribution in [2.75, 3.05) is 5.32 Å². The fourth-order valence-corrected chi connectivity index (χ4v) is 2.15.